The van der Waals surface area contributed by atoms with Crippen molar-refractivity contribution in [3.05, 3.63) is 0 Å². The predicted octanol–water partition coefficient (Wildman–Crippen LogP) is 1.55. The summed E-state index contributed by atoms with van der Waals surface area (Å²) in [7, 11) is 0. The van der Waals surface area contributed by atoms with Gasteiger partial charge in [0.15, 0.2) is 0 Å². The molecular formula is C11H19NO3. The molecule has 1 saturated carbocycles. The molecule has 86 valence electrons. The van der Waals surface area contributed by atoms with Crippen LogP contribution in [0.25, 0.3) is 0 Å². The molecule has 0 aromatic heterocycles. The number of carbonyl (C=O) groups is 2. The predicted molar refractivity (Wildman–Crippen MR) is 56.4 cm³/mol. The number of carboxylic acids is 1. The summed E-state index contributed by atoms with van der Waals surface area (Å²) in [5.74, 6) is -0.555. The SMILES string of the molecule is CCCC(NC(=O)CC1CCC1)C(=O)O. The van der Waals surface area contributed by atoms with Crippen LogP contribution in [0, 0.1) is 5.92 Å². The smallest absolute Gasteiger partial charge is 0.326 e. The van der Waals surface area contributed by atoms with Crippen LogP contribution in [0.4, 0.5) is 0 Å². The van der Waals surface area contributed by atoms with Crippen LogP contribution in [-0.4, -0.2) is 23.0 Å². The lowest BCUT2D eigenvalue weighted by atomic mass is 9.83. The lowest BCUT2D eigenvalue weighted by molar-refractivity contribution is -0.142. The molecule has 0 aliphatic heterocycles. The van der Waals surface area contributed by atoms with Crippen molar-refractivity contribution in [3.63, 3.8) is 0 Å². The fourth-order valence-corrected chi connectivity index (χ4v) is 1.76. The van der Waals surface area contributed by atoms with E-state index >= 15 is 0 Å². The standard InChI is InChI=1S/C11H19NO3/c1-2-4-9(11(14)15)12-10(13)7-8-5-3-6-8/h8-9H,2-7H2,1H3,(H,12,13)(H,14,15). The second-order valence-corrected chi connectivity index (χ2v) is 4.25. The van der Waals surface area contributed by atoms with Gasteiger partial charge in [-0.1, -0.05) is 19.8 Å². The maximum atomic E-state index is 11.5. The number of carbonyl (C=O) groups excluding carboxylic acids is 1. The normalized spacial score (nSPS) is 17.9. The van der Waals surface area contributed by atoms with Gasteiger partial charge in [0, 0.05) is 6.42 Å². The van der Waals surface area contributed by atoms with Crippen molar-refractivity contribution in [1.29, 1.82) is 0 Å². The first-order valence-corrected chi connectivity index (χ1v) is 5.65. The Morgan fingerprint density at radius 2 is 2.13 bits per heavy atom. The summed E-state index contributed by atoms with van der Waals surface area (Å²) in [6.07, 6.45) is 5.19. The van der Waals surface area contributed by atoms with Crippen molar-refractivity contribution in [3.8, 4) is 0 Å². The second-order valence-electron chi connectivity index (χ2n) is 4.25. The highest BCUT2D eigenvalue weighted by molar-refractivity contribution is 5.83. The van der Waals surface area contributed by atoms with Crippen molar-refractivity contribution in [2.24, 2.45) is 5.92 Å². The van der Waals surface area contributed by atoms with Gasteiger partial charge in [-0.2, -0.15) is 0 Å². The van der Waals surface area contributed by atoms with Gasteiger partial charge in [-0.05, 0) is 25.2 Å². The van der Waals surface area contributed by atoms with E-state index in [0.717, 1.165) is 19.3 Å². The highest BCUT2D eigenvalue weighted by atomic mass is 16.4. The maximum Gasteiger partial charge on any atom is 0.326 e. The lowest BCUT2D eigenvalue weighted by Crippen LogP contribution is -2.41. The summed E-state index contributed by atoms with van der Waals surface area (Å²) in [4.78, 5) is 22.2. The second kappa shape index (κ2) is 5.73. The summed E-state index contributed by atoms with van der Waals surface area (Å²) in [5.41, 5.74) is 0. The zero-order valence-corrected chi connectivity index (χ0v) is 9.16. The Balaban J connectivity index is 2.28. The Hall–Kier alpha value is -1.06. The monoisotopic (exact) mass is 213 g/mol. The van der Waals surface area contributed by atoms with E-state index in [1.807, 2.05) is 6.92 Å². The van der Waals surface area contributed by atoms with Gasteiger partial charge in [-0.15, -0.1) is 0 Å². The number of amides is 1. The quantitative estimate of drug-likeness (QED) is 0.703. The first kappa shape index (κ1) is 12.0. The molecule has 1 aliphatic rings. The molecule has 1 fully saturated rings. The number of hydrogen-bond acceptors (Lipinski definition) is 2. The van der Waals surface area contributed by atoms with Crippen LogP contribution in [-0.2, 0) is 9.59 Å². The first-order chi connectivity index (χ1) is 7.13. The molecule has 15 heavy (non-hydrogen) atoms. The van der Waals surface area contributed by atoms with Gasteiger partial charge in [0.2, 0.25) is 5.91 Å². The first-order valence-electron chi connectivity index (χ1n) is 5.65. The summed E-state index contributed by atoms with van der Waals surface area (Å²) < 4.78 is 0. The molecule has 2 N–H and O–H groups in total. The average Bonchev–Trinajstić information content (AvgIpc) is 2.10. The molecule has 1 rings (SSSR count). The molecule has 4 nitrogen and oxygen atoms in total. The van der Waals surface area contributed by atoms with E-state index < -0.39 is 12.0 Å². The molecule has 0 radical (unpaired) electrons. The van der Waals surface area contributed by atoms with E-state index in [9.17, 15) is 9.59 Å². The number of nitrogens with one attached hydrogen (secondary N) is 1. The van der Waals surface area contributed by atoms with E-state index in [1.54, 1.807) is 0 Å². The number of hydrogen-bond donors (Lipinski definition) is 2. The molecular weight excluding hydrogens is 194 g/mol. The third-order valence-corrected chi connectivity index (χ3v) is 2.91. The molecule has 0 aromatic rings. The molecule has 0 saturated heterocycles. The minimum atomic E-state index is -0.932. The van der Waals surface area contributed by atoms with Gasteiger partial charge in [0.05, 0.1) is 0 Å². The molecule has 0 spiro atoms. The zero-order chi connectivity index (χ0) is 11.3. The minimum Gasteiger partial charge on any atom is -0.480 e. The largest absolute Gasteiger partial charge is 0.480 e. The Labute approximate surface area is 90.0 Å². The van der Waals surface area contributed by atoms with Gasteiger partial charge >= 0.3 is 5.97 Å². The van der Waals surface area contributed by atoms with E-state index in [2.05, 4.69) is 5.32 Å². The molecule has 1 aliphatic carbocycles. The topological polar surface area (TPSA) is 66.4 Å². The summed E-state index contributed by atoms with van der Waals surface area (Å²) in [6, 6.07) is -0.706. The van der Waals surface area contributed by atoms with E-state index in [4.69, 9.17) is 5.11 Å². The number of aliphatic carboxylic acids is 1. The Morgan fingerprint density at radius 1 is 1.47 bits per heavy atom. The average molecular weight is 213 g/mol. The summed E-state index contributed by atoms with van der Waals surface area (Å²) in [6.45, 7) is 1.91. The molecule has 0 bridgehead atoms. The van der Waals surface area contributed by atoms with Gasteiger partial charge < -0.3 is 10.4 Å². The van der Waals surface area contributed by atoms with E-state index in [-0.39, 0.29) is 5.91 Å². The Bertz CT molecular complexity index is 236. The highest BCUT2D eigenvalue weighted by Gasteiger charge is 2.24. The van der Waals surface area contributed by atoms with Crippen LogP contribution < -0.4 is 5.32 Å². The van der Waals surface area contributed by atoms with Crippen molar-refractivity contribution in [1.82, 2.24) is 5.32 Å². The third kappa shape index (κ3) is 3.90. The van der Waals surface area contributed by atoms with Crippen molar-refractivity contribution in [2.75, 3.05) is 0 Å². The molecule has 1 atom stereocenters. The third-order valence-electron chi connectivity index (χ3n) is 2.91. The van der Waals surface area contributed by atoms with Crippen LogP contribution in [0.15, 0.2) is 0 Å². The van der Waals surface area contributed by atoms with Crippen molar-refractivity contribution >= 4 is 11.9 Å². The Morgan fingerprint density at radius 3 is 2.53 bits per heavy atom. The zero-order valence-electron chi connectivity index (χ0n) is 9.16. The van der Waals surface area contributed by atoms with Gasteiger partial charge in [0.1, 0.15) is 6.04 Å². The fraction of sp³-hybridized carbons (Fsp3) is 0.818. The number of carboxylic acid groups (broad SMARTS) is 1. The fourth-order valence-electron chi connectivity index (χ4n) is 1.76. The summed E-state index contributed by atoms with van der Waals surface area (Å²) >= 11 is 0. The van der Waals surface area contributed by atoms with Crippen molar-refractivity contribution < 1.29 is 14.7 Å². The highest BCUT2D eigenvalue weighted by Crippen LogP contribution is 2.29. The van der Waals surface area contributed by atoms with Crippen LogP contribution in [0.2, 0.25) is 0 Å². The molecule has 0 aromatic carbocycles. The van der Waals surface area contributed by atoms with Gasteiger partial charge in [-0.3, -0.25) is 4.79 Å². The van der Waals surface area contributed by atoms with Crippen molar-refractivity contribution in [2.45, 2.75) is 51.5 Å². The van der Waals surface area contributed by atoms with Gasteiger partial charge in [-0.25, -0.2) is 4.79 Å². The molecule has 1 unspecified atom stereocenters. The Kier molecular flexibility index (Phi) is 4.59. The molecule has 4 heteroatoms. The van der Waals surface area contributed by atoms with E-state index in [0.29, 0.717) is 18.8 Å². The number of rotatable bonds is 6. The minimum absolute atomic E-state index is 0.111. The lowest BCUT2D eigenvalue weighted by Gasteiger charge is -2.25. The van der Waals surface area contributed by atoms with E-state index in [1.165, 1.54) is 6.42 Å². The molecule has 0 heterocycles. The summed E-state index contributed by atoms with van der Waals surface area (Å²) in [5, 5.41) is 11.4. The van der Waals surface area contributed by atoms with Crippen LogP contribution >= 0.6 is 0 Å². The van der Waals surface area contributed by atoms with Crippen LogP contribution in [0.1, 0.15) is 45.4 Å². The maximum absolute atomic E-state index is 11.5. The molecule has 1 amide bonds. The van der Waals surface area contributed by atoms with Crippen LogP contribution in [0.3, 0.4) is 0 Å². The van der Waals surface area contributed by atoms with Crippen LogP contribution in [0.5, 0.6) is 0 Å². The van der Waals surface area contributed by atoms with Gasteiger partial charge in [0.25, 0.3) is 0 Å².